The van der Waals surface area contributed by atoms with Gasteiger partial charge in [0.25, 0.3) is 5.91 Å². The van der Waals surface area contributed by atoms with Gasteiger partial charge in [-0.25, -0.2) is 13.6 Å². The highest BCUT2D eigenvalue weighted by molar-refractivity contribution is 6.34. The van der Waals surface area contributed by atoms with E-state index in [0.717, 1.165) is 29.3 Å². The highest BCUT2D eigenvalue weighted by Crippen LogP contribution is 2.27. The summed E-state index contributed by atoms with van der Waals surface area (Å²) < 4.78 is 31.6. The van der Waals surface area contributed by atoms with Gasteiger partial charge in [0.15, 0.2) is 6.61 Å². The number of halogens is 3. The van der Waals surface area contributed by atoms with Gasteiger partial charge in [0.2, 0.25) is 0 Å². The number of hydrogen-bond acceptors (Lipinski definition) is 3. The lowest BCUT2D eigenvalue weighted by atomic mass is 10.1. The van der Waals surface area contributed by atoms with Gasteiger partial charge in [-0.15, -0.1) is 0 Å². The number of carbonyl (C=O) groups is 2. The van der Waals surface area contributed by atoms with Crippen molar-refractivity contribution in [3.05, 3.63) is 63.7 Å². The molecule has 1 amide bonds. The van der Waals surface area contributed by atoms with E-state index in [9.17, 15) is 18.4 Å². The maximum absolute atomic E-state index is 13.5. The van der Waals surface area contributed by atoms with Gasteiger partial charge in [0.05, 0.1) is 10.7 Å². The number of nitrogens with one attached hydrogen (secondary N) is 1. The lowest BCUT2D eigenvalue weighted by Crippen LogP contribution is -2.22. The Hall–Kier alpha value is -2.47. The number of anilines is 1. The SMILES string of the molecule is Cc1cc(C)c(NC(=O)COC(=O)c2c(F)cccc2F)c(Cl)c1. The zero-order valence-electron chi connectivity index (χ0n) is 13.0. The molecular weight excluding hydrogens is 340 g/mol. The smallest absolute Gasteiger partial charge is 0.344 e. The van der Waals surface area contributed by atoms with Crippen molar-refractivity contribution in [2.75, 3.05) is 11.9 Å². The number of amides is 1. The Morgan fingerprint density at radius 3 is 2.38 bits per heavy atom. The summed E-state index contributed by atoms with van der Waals surface area (Å²) in [6, 6.07) is 6.47. The highest BCUT2D eigenvalue weighted by Gasteiger charge is 2.20. The maximum Gasteiger partial charge on any atom is 0.344 e. The monoisotopic (exact) mass is 353 g/mol. The van der Waals surface area contributed by atoms with E-state index in [1.807, 2.05) is 13.0 Å². The third-order valence-corrected chi connectivity index (χ3v) is 3.50. The summed E-state index contributed by atoms with van der Waals surface area (Å²) in [7, 11) is 0. The number of rotatable bonds is 4. The van der Waals surface area contributed by atoms with Crippen LogP contribution >= 0.6 is 11.6 Å². The van der Waals surface area contributed by atoms with Crippen LogP contribution in [0.3, 0.4) is 0 Å². The Bertz CT molecular complexity index is 765. The van der Waals surface area contributed by atoms with Crippen LogP contribution in [0.15, 0.2) is 30.3 Å². The normalized spacial score (nSPS) is 10.4. The molecule has 1 N–H and O–H groups in total. The molecule has 4 nitrogen and oxygen atoms in total. The average Bonchev–Trinajstić information content (AvgIpc) is 2.48. The van der Waals surface area contributed by atoms with Gasteiger partial charge in [0.1, 0.15) is 17.2 Å². The van der Waals surface area contributed by atoms with Gasteiger partial charge >= 0.3 is 5.97 Å². The zero-order chi connectivity index (χ0) is 17.9. The van der Waals surface area contributed by atoms with Crippen LogP contribution < -0.4 is 5.32 Å². The molecule has 2 aromatic rings. The largest absolute Gasteiger partial charge is 0.452 e. The van der Waals surface area contributed by atoms with Crippen molar-refractivity contribution in [3.8, 4) is 0 Å². The number of ether oxygens (including phenoxy) is 1. The van der Waals surface area contributed by atoms with Crippen LogP contribution in [-0.2, 0) is 9.53 Å². The fourth-order valence-electron chi connectivity index (χ4n) is 2.15. The van der Waals surface area contributed by atoms with Gasteiger partial charge in [-0.3, -0.25) is 4.79 Å². The molecule has 2 rings (SSSR count). The maximum atomic E-state index is 13.5. The topological polar surface area (TPSA) is 55.4 Å². The number of esters is 1. The summed E-state index contributed by atoms with van der Waals surface area (Å²) in [6.45, 7) is 2.92. The third-order valence-electron chi connectivity index (χ3n) is 3.20. The fourth-order valence-corrected chi connectivity index (χ4v) is 2.51. The summed E-state index contributed by atoms with van der Waals surface area (Å²) in [6.07, 6.45) is 0. The Morgan fingerprint density at radius 1 is 1.17 bits per heavy atom. The first-order valence-corrected chi connectivity index (χ1v) is 7.35. The van der Waals surface area contributed by atoms with Crippen molar-refractivity contribution < 1.29 is 23.1 Å². The molecule has 0 spiro atoms. The average molecular weight is 354 g/mol. The zero-order valence-corrected chi connectivity index (χ0v) is 13.7. The van der Waals surface area contributed by atoms with Crippen molar-refractivity contribution in [1.82, 2.24) is 0 Å². The molecule has 0 unspecified atom stereocenters. The number of benzene rings is 2. The lowest BCUT2D eigenvalue weighted by Gasteiger charge is -2.12. The summed E-state index contributed by atoms with van der Waals surface area (Å²) in [5.41, 5.74) is 1.21. The molecule has 0 bridgehead atoms. The Balaban J connectivity index is 2.03. The van der Waals surface area contributed by atoms with Crippen LogP contribution in [0, 0.1) is 25.5 Å². The molecule has 24 heavy (non-hydrogen) atoms. The van der Waals surface area contributed by atoms with Crippen LogP contribution in [0.1, 0.15) is 21.5 Å². The number of carbonyl (C=O) groups excluding carboxylic acids is 2. The molecular formula is C17H14ClF2NO3. The fraction of sp³-hybridized carbons (Fsp3) is 0.176. The molecule has 0 heterocycles. The highest BCUT2D eigenvalue weighted by atomic mass is 35.5. The number of hydrogen-bond donors (Lipinski definition) is 1. The van der Waals surface area contributed by atoms with E-state index in [1.165, 1.54) is 0 Å². The minimum absolute atomic E-state index is 0.340. The van der Waals surface area contributed by atoms with E-state index in [-0.39, 0.29) is 0 Å². The molecule has 0 aliphatic carbocycles. The van der Waals surface area contributed by atoms with Crippen LogP contribution in [0.4, 0.5) is 14.5 Å². The lowest BCUT2D eigenvalue weighted by molar-refractivity contribution is -0.119. The first kappa shape index (κ1) is 17.9. The Morgan fingerprint density at radius 2 is 1.79 bits per heavy atom. The van der Waals surface area contributed by atoms with Gasteiger partial charge in [-0.1, -0.05) is 23.7 Å². The second-order valence-corrected chi connectivity index (χ2v) is 5.57. The van der Waals surface area contributed by atoms with Crippen LogP contribution in [0.2, 0.25) is 5.02 Å². The van der Waals surface area contributed by atoms with Gasteiger partial charge in [-0.05, 0) is 43.2 Å². The van der Waals surface area contributed by atoms with E-state index >= 15 is 0 Å². The van der Waals surface area contributed by atoms with E-state index in [0.29, 0.717) is 10.7 Å². The van der Waals surface area contributed by atoms with Gasteiger partial charge in [0, 0.05) is 0 Å². The first-order valence-electron chi connectivity index (χ1n) is 6.97. The van der Waals surface area contributed by atoms with Gasteiger partial charge < -0.3 is 10.1 Å². The van der Waals surface area contributed by atoms with Crippen LogP contribution in [0.5, 0.6) is 0 Å². The second-order valence-electron chi connectivity index (χ2n) is 5.16. The first-order chi connectivity index (χ1) is 11.3. The summed E-state index contributed by atoms with van der Waals surface area (Å²) >= 11 is 6.06. The van der Waals surface area contributed by atoms with Crippen molar-refractivity contribution >= 4 is 29.2 Å². The molecule has 0 atom stereocenters. The third kappa shape index (κ3) is 4.08. The van der Waals surface area contributed by atoms with E-state index in [4.69, 9.17) is 11.6 Å². The molecule has 0 radical (unpaired) electrons. The molecule has 2 aromatic carbocycles. The molecule has 0 fully saturated rings. The predicted molar refractivity (Wildman–Crippen MR) is 86.2 cm³/mol. The molecule has 7 heteroatoms. The van der Waals surface area contributed by atoms with Crippen molar-refractivity contribution in [1.29, 1.82) is 0 Å². The predicted octanol–water partition coefficient (Wildman–Crippen LogP) is 4.03. The molecule has 0 aliphatic rings. The van der Waals surface area contributed by atoms with E-state index in [1.54, 1.807) is 13.0 Å². The van der Waals surface area contributed by atoms with Crippen LogP contribution in [0.25, 0.3) is 0 Å². The van der Waals surface area contributed by atoms with Crippen molar-refractivity contribution in [3.63, 3.8) is 0 Å². The summed E-state index contributed by atoms with van der Waals surface area (Å²) in [5, 5.41) is 2.85. The standard InChI is InChI=1S/C17H14ClF2NO3/c1-9-6-10(2)16(11(18)7-9)21-14(22)8-24-17(23)15-12(19)4-3-5-13(15)20/h3-7H,8H2,1-2H3,(H,21,22). The van der Waals surface area contributed by atoms with Crippen molar-refractivity contribution in [2.24, 2.45) is 0 Å². The van der Waals surface area contributed by atoms with E-state index in [2.05, 4.69) is 10.1 Å². The molecule has 0 aromatic heterocycles. The quantitative estimate of drug-likeness (QED) is 0.844. The number of aryl methyl sites for hydroxylation is 2. The van der Waals surface area contributed by atoms with Crippen LogP contribution in [-0.4, -0.2) is 18.5 Å². The summed E-state index contributed by atoms with van der Waals surface area (Å²) in [5.74, 6) is -4.04. The second kappa shape index (κ2) is 7.40. The molecule has 126 valence electrons. The summed E-state index contributed by atoms with van der Waals surface area (Å²) in [4.78, 5) is 23.6. The Labute approximate surface area is 142 Å². The van der Waals surface area contributed by atoms with Gasteiger partial charge in [-0.2, -0.15) is 0 Å². The Kier molecular flexibility index (Phi) is 5.51. The van der Waals surface area contributed by atoms with Crippen molar-refractivity contribution in [2.45, 2.75) is 13.8 Å². The molecule has 0 aliphatic heterocycles. The molecule has 0 saturated carbocycles. The minimum Gasteiger partial charge on any atom is -0.452 e. The minimum atomic E-state index is -1.26. The molecule has 0 saturated heterocycles. The van der Waals surface area contributed by atoms with E-state index < -0.39 is 35.7 Å².